The first-order valence-corrected chi connectivity index (χ1v) is 44.3. The van der Waals surface area contributed by atoms with Crippen molar-refractivity contribution in [3.8, 4) is 0 Å². The molecule has 1 unspecified atom stereocenters. The van der Waals surface area contributed by atoms with Crippen LogP contribution in [0.3, 0.4) is 0 Å². The minimum atomic E-state index is -4.12. The van der Waals surface area contributed by atoms with Crippen molar-refractivity contribution >= 4 is 99.1 Å². The van der Waals surface area contributed by atoms with Gasteiger partial charge in [-0.25, -0.2) is 0 Å². The van der Waals surface area contributed by atoms with Crippen LogP contribution >= 0.6 is 0 Å². The second-order valence-corrected chi connectivity index (χ2v) is 49.2. The molecule has 17 heteroatoms. The summed E-state index contributed by atoms with van der Waals surface area (Å²) < 4.78 is 53.9. The monoisotopic (exact) mass is 1070 g/mol. The van der Waals surface area contributed by atoms with E-state index in [1.54, 1.807) is 0 Å². The molecule has 0 aliphatic heterocycles. The van der Waals surface area contributed by atoms with Gasteiger partial charge < -0.3 is 39.0 Å². The Morgan fingerprint density at radius 3 is 0.928 bits per heavy atom. The first-order chi connectivity index (χ1) is 32.7. The molecule has 69 heavy (non-hydrogen) atoms. The van der Waals surface area contributed by atoms with Crippen molar-refractivity contribution in [1.29, 1.82) is 0 Å². The van der Waals surface area contributed by atoms with Gasteiger partial charge in [0.05, 0.1) is 0 Å². The maximum atomic E-state index is 10.6. The van der Waals surface area contributed by atoms with Crippen molar-refractivity contribution in [2.45, 2.75) is 90.4 Å². The normalized spacial score (nSPS) is 14.1. The van der Waals surface area contributed by atoms with E-state index >= 15 is 0 Å². The second kappa shape index (κ2) is 23.5. The molecule has 0 saturated heterocycles. The molecule has 6 aromatic carbocycles. The summed E-state index contributed by atoms with van der Waals surface area (Å²) in [6.45, 7) is 21.3. The lowest BCUT2D eigenvalue weighted by atomic mass is 10.4. The smallest absolute Gasteiger partial charge is 0.390 e. The van der Waals surface area contributed by atoms with E-state index < -0.39 is 68.0 Å². The minimum absolute atomic E-state index is 0.00181. The van der Waals surface area contributed by atoms with Gasteiger partial charge in [-0.2, -0.15) is 0 Å². The van der Waals surface area contributed by atoms with Gasteiger partial charge in [0, 0.05) is 13.2 Å². The summed E-state index contributed by atoms with van der Waals surface area (Å²) >= 11 is 0. The van der Waals surface area contributed by atoms with E-state index in [0.29, 0.717) is 24.9 Å². The van der Waals surface area contributed by atoms with Crippen LogP contribution in [0.4, 0.5) is 0 Å². The zero-order valence-corrected chi connectivity index (χ0v) is 50.3. The van der Waals surface area contributed by atoms with Gasteiger partial charge in [0.15, 0.2) is 8.32 Å². The molecule has 0 aliphatic carbocycles. The molecule has 1 atom stereocenters. The maximum absolute atomic E-state index is 10.6. The molecule has 0 radical (unpaired) electrons. The summed E-state index contributed by atoms with van der Waals surface area (Å²) in [5, 5.41) is 26.8. The molecule has 368 valence electrons. The summed E-state index contributed by atoms with van der Waals surface area (Å²) in [5.74, 6) is 0. The average molecular weight is 1070 g/mol. The standard InChI is InChI=1S/C52H74O9Si8/c1-62(2,3)55-63(4,5)56-64(6,7)57-65(8,9)58-66(10,47-31-17-11-18-32-47)59-68(49-35-21-13-22-36-49,50-37-23-14-24-38-50)61-69(51-39-25-15-26-40-51,52-41-27-16-28-42-52)60-67(45-29-43-53,46-30-44-54)48-33-19-12-20-34-48/h11-28,31-42,53-54H,29-30,43-46H2,1-10H3. The van der Waals surface area contributed by atoms with E-state index in [-0.39, 0.29) is 13.2 Å². The minimum Gasteiger partial charge on any atom is -0.437 e. The van der Waals surface area contributed by atoms with Crippen LogP contribution in [0.15, 0.2) is 182 Å². The molecule has 6 rings (SSSR count). The summed E-state index contributed by atoms with van der Waals surface area (Å²) in [4.78, 5) is 0. The Bertz CT molecular complexity index is 2370. The van der Waals surface area contributed by atoms with E-state index in [1.807, 2.05) is 48.5 Å². The molecule has 0 spiro atoms. The quantitative estimate of drug-likeness (QED) is 0.0522. The van der Waals surface area contributed by atoms with Crippen LogP contribution in [0, 0.1) is 0 Å². The van der Waals surface area contributed by atoms with Gasteiger partial charge in [-0.05, 0) is 122 Å². The highest BCUT2D eigenvalue weighted by Gasteiger charge is 2.61. The molecular formula is C52H74O9Si8. The summed E-state index contributed by atoms with van der Waals surface area (Å²) in [5.41, 5.74) is 0. The maximum Gasteiger partial charge on any atom is 0.390 e. The van der Waals surface area contributed by atoms with Crippen LogP contribution in [0.1, 0.15) is 12.8 Å². The van der Waals surface area contributed by atoms with Gasteiger partial charge in [-0.3, -0.25) is 0 Å². The molecule has 0 fully saturated rings. The molecule has 0 saturated carbocycles. The fourth-order valence-corrected chi connectivity index (χ4v) is 51.1. The van der Waals surface area contributed by atoms with Crippen LogP contribution in [-0.2, 0) is 28.8 Å². The SMILES string of the molecule is C[Si](C)(C)O[Si](C)(C)O[Si](C)(C)O[Si](C)(C)O[Si](C)(O[Si](O[Si](O[Si](CCCO)(CCCO)c1ccccc1)(c1ccccc1)c1ccccc1)(c1ccccc1)c1ccccc1)c1ccccc1. The molecule has 0 aromatic heterocycles. The lowest BCUT2D eigenvalue weighted by Gasteiger charge is -2.49. The Morgan fingerprint density at radius 2 is 0.594 bits per heavy atom. The molecule has 0 bridgehead atoms. The Morgan fingerprint density at radius 1 is 0.304 bits per heavy atom. The average Bonchev–Trinajstić information content (AvgIpc) is 3.32. The zero-order chi connectivity index (χ0) is 49.9. The van der Waals surface area contributed by atoms with Crippen molar-refractivity contribution in [1.82, 2.24) is 0 Å². The number of hydrogen-bond acceptors (Lipinski definition) is 9. The Labute approximate surface area is 421 Å². The van der Waals surface area contributed by atoms with Crippen molar-refractivity contribution < 1.29 is 39.0 Å². The summed E-state index contributed by atoms with van der Waals surface area (Å²) in [6, 6.07) is 63.6. The van der Waals surface area contributed by atoms with Gasteiger partial charge >= 0.3 is 51.4 Å². The summed E-state index contributed by atoms with van der Waals surface area (Å²) in [6.07, 6.45) is 1.05. The van der Waals surface area contributed by atoms with Gasteiger partial charge in [0.2, 0.25) is 8.32 Å². The Balaban J connectivity index is 1.66. The lowest BCUT2D eigenvalue weighted by Crippen LogP contribution is -2.80. The fourth-order valence-electron chi connectivity index (χ4n) is 9.61. The molecule has 2 N–H and O–H groups in total. The highest BCUT2D eigenvalue weighted by molar-refractivity contribution is 7.10. The van der Waals surface area contributed by atoms with Gasteiger partial charge in [0.1, 0.15) is 0 Å². The fraction of sp³-hybridized carbons (Fsp3) is 0.308. The predicted octanol–water partition coefficient (Wildman–Crippen LogP) is 8.15. The molecule has 0 aliphatic rings. The van der Waals surface area contributed by atoms with E-state index in [0.717, 1.165) is 31.1 Å². The van der Waals surface area contributed by atoms with Gasteiger partial charge in [-0.1, -0.05) is 182 Å². The van der Waals surface area contributed by atoms with Gasteiger partial charge in [-0.15, -0.1) is 0 Å². The highest BCUT2D eigenvalue weighted by atomic mass is 28.5. The summed E-state index contributed by atoms with van der Waals surface area (Å²) in [7, 11) is -25.6. The van der Waals surface area contributed by atoms with Gasteiger partial charge in [0.25, 0.3) is 0 Å². The third-order valence-electron chi connectivity index (χ3n) is 11.6. The zero-order valence-electron chi connectivity index (χ0n) is 42.3. The van der Waals surface area contributed by atoms with E-state index in [2.05, 4.69) is 199 Å². The van der Waals surface area contributed by atoms with Crippen LogP contribution in [0.5, 0.6) is 0 Å². The molecule has 0 heterocycles. The highest BCUT2D eigenvalue weighted by Crippen LogP contribution is 2.33. The largest absolute Gasteiger partial charge is 0.437 e. The first-order valence-electron chi connectivity index (χ1n) is 24.2. The van der Waals surface area contributed by atoms with Crippen LogP contribution in [0.2, 0.25) is 77.6 Å². The van der Waals surface area contributed by atoms with Crippen molar-refractivity contribution in [2.24, 2.45) is 0 Å². The van der Waals surface area contributed by atoms with Crippen molar-refractivity contribution in [3.05, 3.63) is 182 Å². The molecular weight excluding hydrogens is 993 g/mol. The Kier molecular flexibility index (Phi) is 18.7. The van der Waals surface area contributed by atoms with Crippen LogP contribution in [0.25, 0.3) is 0 Å². The second-order valence-electron chi connectivity index (χ2n) is 20.0. The van der Waals surface area contributed by atoms with Crippen LogP contribution in [-0.4, -0.2) is 91.4 Å². The molecule has 9 nitrogen and oxygen atoms in total. The number of aliphatic hydroxyl groups is 2. The van der Waals surface area contributed by atoms with E-state index in [4.69, 9.17) is 28.8 Å². The first kappa shape index (κ1) is 55.0. The number of aliphatic hydroxyl groups excluding tert-OH is 2. The van der Waals surface area contributed by atoms with E-state index in [1.165, 1.54) is 0 Å². The Hall–Kier alpha value is -3.30. The van der Waals surface area contributed by atoms with Crippen molar-refractivity contribution in [2.75, 3.05) is 13.2 Å². The predicted molar refractivity (Wildman–Crippen MR) is 302 cm³/mol. The topological polar surface area (TPSA) is 105 Å². The lowest BCUT2D eigenvalue weighted by molar-refractivity contribution is 0.271. The van der Waals surface area contributed by atoms with E-state index in [9.17, 15) is 10.2 Å². The molecule has 6 aromatic rings. The third-order valence-corrected chi connectivity index (χ3v) is 44.6. The molecule has 0 amide bonds. The number of rotatable bonds is 26. The van der Waals surface area contributed by atoms with Crippen molar-refractivity contribution in [3.63, 3.8) is 0 Å². The number of benzene rings is 6. The number of hydrogen-bond donors (Lipinski definition) is 2. The van der Waals surface area contributed by atoms with Crippen LogP contribution < -0.4 is 31.1 Å². The third kappa shape index (κ3) is 14.4.